The summed E-state index contributed by atoms with van der Waals surface area (Å²) < 4.78 is 4.99. The fourth-order valence-corrected chi connectivity index (χ4v) is 2.19. The standard InChI is InChI=1S/C10H18N2OS/c1-8(11-5-4-6-13-3)10-9(2)12-7-14-10/h7-8,11H,4-6H2,1-3H3. The van der Waals surface area contributed by atoms with Gasteiger partial charge in [-0.3, -0.25) is 0 Å². The summed E-state index contributed by atoms with van der Waals surface area (Å²) in [4.78, 5) is 5.57. The number of hydrogen-bond donors (Lipinski definition) is 1. The minimum Gasteiger partial charge on any atom is -0.385 e. The zero-order valence-electron chi connectivity index (χ0n) is 9.04. The molecule has 0 aromatic carbocycles. The van der Waals surface area contributed by atoms with E-state index in [1.165, 1.54) is 4.88 Å². The molecular weight excluding hydrogens is 196 g/mol. The van der Waals surface area contributed by atoms with Crippen molar-refractivity contribution in [1.82, 2.24) is 10.3 Å². The van der Waals surface area contributed by atoms with Crippen molar-refractivity contribution in [2.75, 3.05) is 20.3 Å². The molecule has 1 aromatic rings. The van der Waals surface area contributed by atoms with Gasteiger partial charge in [0.15, 0.2) is 0 Å². The molecule has 80 valence electrons. The number of nitrogens with zero attached hydrogens (tertiary/aromatic N) is 1. The maximum atomic E-state index is 4.99. The molecule has 0 bridgehead atoms. The molecule has 1 unspecified atom stereocenters. The van der Waals surface area contributed by atoms with Crippen molar-refractivity contribution in [3.05, 3.63) is 16.1 Å². The highest BCUT2D eigenvalue weighted by Gasteiger charge is 2.09. The molecule has 1 N–H and O–H groups in total. The fourth-order valence-electron chi connectivity index (χ4n) is 1.35. The summed E-state index contributed by atoms with van der Waals surface area (Å²) in [5.41, 5.74) is 3.04. The van der Waals surface area contributed by atoms with E-state index in [0.29, 0.717) is 6.04 Å². The summed E-state index contributed by atoms with van der Waals surface area (Å²) in [7, 11) is 1.73. The molecule has 0 aliphatic heterocycles. The molecule has 1 heterocycles. The maximum absolute atomic E-state index is 4.99. The summed E-state index contributed by atoms with van der Waals surface area (Å²) >= 11 is 1.72. The van der Waals surface area contributed by atoms with Crippen LogP contribution in [-0.2, 0) is 4.74 Å². The first-order valence-electron chi connectivity index (χ1n) is 4.88. The van der Waals surface area contributed by atoms with Crippen LogP contribution >= 0.6 is 11.3 Å². The van der Waals surface area contributed by atoms with Crippen LogP contribution in [0.4, 0.5) is 0 Å². The van der Waals surface area contributed by atoms with Gasteiger partial charge in [-0.2, -0.15) is 0 Å². The Hall–Kier alpha value is -0.450. The van der Waals surface area contributed by atoms with E-state index in [-0.39, 0.29) is 0 Å². The first-order chi connectivity index (χ1) is 6.75. The zero-order chi connectivity index (χ0) is 10.4. The van der Waals surface area contributed by atoms with Gasteiger partial charge in [-0.05, 0) is 26.8 Å². The molecule has 0 spiro atoms. The molecule has 0 saturated heterocycles. The number of aromatic nitrogens is 1. The molecule has 0 saturated carbocycles. The Kier molecular flexibility index (Phi) is 5.07. The quantitative estimate of drug-likeness (QED) is 0.737. The largest absolute Gasteiger partial charge is 0.385 e. The lowest BCUT2D eigenvalue weighted by Crippen LogP contribution is -2.20. The second-order valence-corrected chi connectivity index (χ2v) is 4.21. The normalized spacial score (nSPS) is 13.1. The van der Waals surface area contributed by atoms with Crippen LogP contribution in [0.15, 0.2) is 5.51 Å². The number of thiazole rings is 1. The number of aryl methyl sites for hydroxylation is 1. The van der Waals surface area contributed by atoms with Gasteiger partial charge in [0.1, 0.15) is 0 Å². The summed E-state index contributed by atoms with van der Waals surface area (Å²) in [6.45, 7) is 6.04. The Bertz CT molecular complexity index is 262. The van der Waals surface area contributed by atoms with Gasteiger partial charge in [-0.25, -0.2) is 4.98 Å². The number of hydrogen-bond acceptors (Lipinski definition) is 4. The molecule has 0 radical (unpaired) electrons. The Labute approximate surface area is 89.5 Å². The van der Waals surface area contributed by atoms with Crippen LogP contribution in [0, 0.1) is 6.92 Å². The van der Waals surface area contributed by atoms with Crippen molar-refractivity contribution in [1.29, 1.82) is 0 Å². The Balaban J connectivity index is 2.28. The Morgan fingerprint density at radius 2 is 2.43 bits per heavy atom. The third kappa shape index (κ3) is 3.36. The highest BCUT2D eigenvalue weighted by molar-refractivity contribution is 7.09. The van der Waals surface area contributed by atoms with E-state index in [9.17, 15) is 0 Å². The van der Waals surface area contributed by atoms with E-state index >= 15 is 0 Å². The van der Waals surface area contributed by atoms with Gasteiger partial charge < -0.3 is 10.1 Å². The van der Waals surface area contributed by atoms with E-state index in [1.54, 1.807) is 18.4 Å². The number of methoxy groups -OCH3 is 1. The van der Waals surface area contributed by atoms with E-state index < -0.39 is 0 Å². The topological polar surface area (TPSA) is 34.1 Å². The predicted molar refractivity (Wildman–Crippen MR) is 59.8 cm³/mol. The zero-order valence-corrected chi connectivity index (χ0v) is 9.86. The van der Waals surface area contributed by atoms with Gasteiger partial charge in [0, 0.05) is 24.6 Å². The number of rotatable bonds is 6. The van der Waals surface area contributed by atoms with Gasteiger partial charge in [-0.1, -0.05) is 0 Å². The van der Waals surface area contributed by atoms with Crippen LogP contribution in [0.1, 0.15) is 30.0 Å². The van der Waals surface area contributed by atoms with Gasteiger partial charge in [0.2, 0.25) is 0 Å². The minimum absolute atomic E-state index is 0.402. The van der Waals surface area contributed by atoms with Crippen molar-refractivity contribution in [2.24, 2.45) is 0 Å². The van der Waals surface area contributed by atoms with Crippen molar-refractivity contribution in [2.45, 2.75) is 26.3 Å². The van der Waals surface area contributed by atoms with Gasteiger partial charge >= 0.3 is 0 Å². The lowest BCUT2D eigenvalue weighted by Gasteiger charge is -2.12. The molecule has 3 nitrogen and oxygen atoms in total. The smallest absolute Gasteiger partial charge is 0.0798 e. The van der Waals surface area contributed by atoms with E-state index in [0.717, 1.165) is 25.3 Å². The van der Waals surface area contributed by atoms with Crippen molar-refractivity contribution >= 4 is 11.3 Å². The minimum atomic E-state index is 0.402. The Morgan fingerprint density at radius 3 is 3.00 bits per heavy atom. The monoisotopic (exact) mass is 214 g/mol. The van der Waals surface area contributed by atoms with Crippen LogP contribution in [-0.4, -0.2) is 25.2 Å². The second kappa shape index (κ2) is 6.11. The predicted octanol–water partition coefficient (Wildman–Crippen LogP) is 2.14. The molecular formula is C10H18N2OS. The molecule has 0 amide bonds. The van der Waals surface area contributed by atoms with Gasteiger partial charge in [0.25, 0.3) is 0 Å². The number of nitrogens with one attached hydrogen (secondary N) is 1. The van der Waals surface area contributed by atoms with E-state index in [4.69, 9.17) is 4.74 Å². The Morgan fingerprint density at radius 1 is 1.64 bits per heavy atom. The molecule has 1 rings (SSSR count). The lowest BCUT2D eigenvalue weighted by atomic mass is 10.2. The van der Waals surface area contributed by atoms with Crippen LogP contribution < -0.4 is 5.32 Å². The summed E-state index contributed by atoms with van der Waals surface area (Å²) in [6, 6.07) is 0.402. The summed E-state index contributed by atoms with van der Waals surface area (Å²) in [6.07, 6.45) is 1.05. The molecule has 1 aromatic heterocycles. The molecule has 14 heavy (non-hydrogen) atoms. The highest BCUT2D eigenvalue weighted by atomic mass is 32.1. The van der Waals surface area contributed by atoms with Crippen molar-refractivity contribution in [3.8, 4) is 0 Å². The SMILES string of the molecule is COCCCNC(C)c1scnc1C. The molecule has 0 aliphatic carbocycles. The van der Waals surface area contributed by atoms with Crippen LogP contribution in [0.5, 0.6) is 0 Å². The maximum Gasteiger partial charge on any atom is 0.0798 e. The molecule has 0 aliphatic rings. The van der Waals surface area contributed by atoms with E-state index in [1.807, 2.05) is 5.51 Å². The van der Waals surface area contributed by atoms with Crippen LogP contribution in [0.3, 0.4) is 0 Å². The lowest BCUT2D eigenvalue weighted by molar-refractivity contribution is 0.193. The van der Waals surface area contributed by atoms with Crippen molar-refractivity contribution < 1.29 is 4.74 Å². The van der Waals surface area contributed by atoms with Crippen molar-refractivity contribution in [3.63, 3.8) is 0 Å². The molecule has 4 heteroatoms. The van der Waals surface area contributed by atoms with Crippen LogP contribution in [0.25, 0.3) is 0 Å². The average Bonchev–Trinajstić information content (AvgIpc) is 2.59. The molecule has 1 atom stereocenters. The third-order valence-corrected chi connectivity index (χ3v) is 3.27. The average molecular weight is 214 g/mol. The first kappa shape index (κ1) is 11.6. The fraction of sp³-hybridized carbons (Fsp3) is 0.700. The number of ether oxygens (including phenoxy) is 1. The third-order valence-electron chi connectivity index (χ3n) is 2.15. The summed E-state index contributed by atoms with van der Waals surface area (Å²) in [5, 5.41) is 3.45. The second-order valence-electron chi connectivity index (χ2n) is 3.32. The first-order valence-corrected chi connectivity index (χ1v) is 5.76. The summed E-state index contributed by atoms with van der Waals surface area (Å²) in [5.74, 6) is 0. The van der Waals surface area contributed by atoms with Crippen LogP contribution in [0.2, 0.25) is 0 Å². The van der Waals surface area contributed by atoms with Gasteiger partial charge in [0.05, 0.1) is 11.2 Å². The molecule has 0 fully saturated rings. The highest BCUT2D eigenvalue weighted by Crippen LogP contribution is 2.20. The van der Waals surface area contributed by atoms with Gasteiger partial charge in [-0.15, -0.1) is 11.3 Å². The van der Waals surface area contributed by atoms with E-state index in [2.05, 4.69) is 24.1 Å².